The molecule has 0 bridgehead atoms. The number of hydrogen-bond acceptors (Lipinski definition) is 3. The minimum Gasteiger partial charge on any atom is -1.00 e. The Kier molecular flexibility index (Phi) is 6.87. The Morgan fingerprint density at radius 1 is 1.04 bits per heavy atom. The van der Waals surface area contributed by atoms with E-state index >= 15 is 0 Å². The molecule has 1 atom stereocenters. The average Bonchev–Trinajstić information content (AvgIpc) is 2.54. The molecular weight excluding hydrogens is 457 g/mol. The van der Waals surface area contributed by atoms with Crippen molar-refractivity contribution in [1.29, 1.82) is 0 Å². The standard InChI is InChI=1S/C20H24N3OS.HI/c1-15(14-23(2,3)4)25-20-21-18-13-9-8-12-17(18)19(24)22(20)16-10-6-5-7-11-16;/h5-13,15H,14H2,1-4H3;1H/q+1;/p-1. The SMILES string of the molecule is CC(C[N+](C)(C)C)Sc1nc2ccccc2c(=O)n1-c1ccccc1.[I-]. The first-order chi connectivity index (χ1) is 11.8. The van der Waals surface area contributed by atoms with Crippen molar-refractivity contribution in [2.45, 2.75) is 17.3 Å². The minimum atomic E-state index is -0.0169. The summed E-state index contributed by atoms with van der Waals surface area (Å²) in [5.74, 6) is 0. The van der Waals surface area contributed by atoms with Gasteiger partial charge in [-0.2, -0.15) is 0 Å². The normalized spacial score (nSPS) is 12.6. The highest BCUT2D eigenvalue weighted by Gasteiger charge is 2.19. The molecule has 1 heterocycles. The van der Waals surface area contributed by atoms with Gasteiger partial charge in [-0.25, -0.2) is 4.98 Å². The van der Waals surface area contributed by atoms with Crippen LogP contribution in [-0.4, -0.2) is 47.0 Å². The first-order valence-corrected chi connectivity index (χ1v) is 9.27. The first kappa shape index (κ1) is 20.9. The highest BCUT2D eigenvalue weighted by atomic mass is 127. The van der Waals surface area contributed by atoms with Crippen LogP contribution in [0.4, 0.5) is 0 Å². The zero-order valence-electron chi connectivity index (χ0n) is 15.5. The predicted octanol–water partition coefficient (Wildman–Crippen LogP) is 0.577. The smallest absolute Gasteiger partial charge is 0.266 e. The van der Waals surface area contributed by atoms with E-state index in [-0.39, 0.29) is 29.5 Å². The maximum absolute atomic E-state index is 13.1. The molecule has 1 aromatic heterocycles. The summed E-state index contributed by atoms with van der Waals surface area (Å²) in [6, 6.07) is 17.3. The quantitative estimate of drug-likeness (QED) is 0.232. The molecule has 0 aliphatic rings. The number of thioether (sulfide) groups is 1. The molecule has 0 N–H and O–H groups in total. The zero-order chi connectivity index (χ0) is 18.0. The summed E-state index contributed by atoms with van der Waals surface area (Å²) < 4.78 is 2.61. The second-order valence-corrected chi connectivity index (χ2v) is 8.69. The molecular formula is C20H24IN3OS. The Labute approximate surface area is 175 Å². The summed E-state index contributed by atoms with van der Waals surface area (Å²) in [7, 11) is 6.53. The van der Waals surface area contributed by atoms with Gasteiger partial charge in [0.25, 0.3) is 5.56 Å². The van der Waals surface area contributed by atoms with Crippen molar-refractivity contribution in [2.75, 3.05) is 27.7 Å². The van der Waals surface area contributed by atoms with Crippen LogP contribution in [-0.2, 0) is 0 Å². The maximum Gasteiger partial charge on any atom is 0.266 e. The summed E-state index contributed by atoms with van der Waals surface area (Å²) in [6.07, 6.45) is 0. The van der Waals surface area contributed by atoms with Gasteiger partial charge in [0.15, 0.2) is 5.16 Å². The van der Waals surface area contributed by atoms with Crippen molar-refractivity contribution < 1.29 is 28.5 Å². The van der Waals surface area contributed by atoms with E-state index in [9.17, 15) is 4.79 Å². The van der Waals surface area contributed by atoms with E-state index in [1.807, 2.05) is 54.6 Å². The third-order valence-corrected chi connectivity index (χ3v) is 4.91. The van der Waals surface area contributed by atoms with Crippen LogP contribution in [0.3, 0.4) is 0 Å². The van der Waals surface area contributed by atoms with Gasteiger partial charge in [0, 0.05) is 0 Å². The summed E-state index contributed by atoms with van der Waals surface area (Å²) in [5.41, 5.74) is 1.59. The van der Waals surface area contributed by atoms with Crippen molar-refractivity contribution in [3.63, 3.8) is 0 Å². The van der Waals surface area contributed by atoms with Crippen LogP contribution in [0.25, 0.3) is 16.6 Å². The van der Waals surface area contributed by atoms with E-state index in [1.165, 1.54) is 0 Å². The molecule has 0 aliphatic carbocycles. The molecule has 26 heavy (non-hydrogen) atoms. The number of nitrogens with zero attached hydrogens (tertiary/aromatic N) is 3. The van der Waals surface area contributed by atoms with Crippen molar-refractivity contribution in [3.8, 4) is 5.69 Å². The fraction of sp³-hybridized carbons (Fsp3) is 0.300. The van der Waals surface area contributed by atoms with Gasteiger partial charge in [-0.05, 0) is 31.2 Å². The number of hydrogen-bond donors (Lipinski definition) is 0. The van der Waals surface area contributed by atoms with Crippen LogP contribution in [0.2, 0.25) is 0 Å². The molecule has 0 spiro atoms. The number of para-hydroxylation sites is 2. The third-order valence-electron chi connectivity index (χ3n) is 3.87. The summed E-state index contributed by atoms with van der Waals surface area (Å²) >= 11 is 1.66. The number of fused-ring (bicyclic) bond motifs is 1. The van der Waals surface area contributed by atoms with E-state index in [0.29, 0.717) is 10.6 Å². The Balaban J connectivity index is 0.00000243. The van der Waals surface area contributed by atoms with Crippen molar-refractivity contribution in [2.24, 2.45) is 0 Å². The van der Waals surface area contributed by atoms with Crippen LogP contribution in [0, 0.1) is 0 Å². The second kappa shape index (κ2) is 8.54. The highest BCUT2D eigenvalue weighted by molar-refractivity contribution is 7.99. The summed E-state index contributed by atoms with van der Waals surface area (Å²) in [6.45, 7) is 3.17. The van der Waals surface area contributed by atoms with Crippen LogP contribution in [0.5, 0.6) is 0 Å². The van der Waals surface area contributed by atoms with Gasteiger partial charge in [-0.3, -0.25) is 9.36 Å². The molecule has 0 aliphatic heterocycles. The van der Waals surface area contributed by atoms with E-state index in [0.717, 1.165) is 27.4 Å². The van der Waals surface area contributed by atoms with Gasteiger partial charge in [-0.1, -0.05) is 42.1 Å². The molecule has 0 saturated carbocycles. The maximum atomic E-state index is 13.1. The fourth-order valence-corrected chi connectivity index (χ4v) is 4.31. The number of rotatable bonds is 5. The van der Waals surface area contributed by atoms with E-state index in [1.54, 1.807) is 16.3 Å². The molecule has 6 heteroatoms. The summed E-state index contributed by atoms with van der Waals surface area (Å²) in [4.78, 5) is 17.9. The topological polar surface area (TPSA) is 34.9 Å². The van der Waals surface area contributed by atoms with E-state index in [4.69, 9.17) is 4.98 Å². The van der Waals surface area contributed by atoms with Crippen LogP contribution in [0.1, 0.15) is 6.92 Å². The van der Waals surface area contributed by atoms with Crippen molar-refractivity contribution in [3.05, 3.63) is 65.0 Å². The summed E-state index contributed by atoms with van der Waals surface area (Å²) in [5, 5.41) is 1.73. The molecule has 0 saturated heterocycles. The fourth-order valence-electron chi connectivity index (χ4n) is 2.98. The minimum absolute atomic E-state index is 0. The van der Waals surface area contributed by atoms with Gasteiger partial charge in [0.05, 0.1) is 49.5 Å². The lowest BCUT2D eigenvalue weighted by Crippen LogP contribution is -3.00. The lowest BCUT2D eigenvalue weighted by atomic mass is 10.2. The van der Waals surface area contributed by atoms with Gasteiger partial charge < -0.3 is 28.5 Å². The third kappa shape index (κ3) is 4.86. The molecule has 2 aromatic carbocycles. The number of quaternary nitrogens is 1. The van der Waals surface area contributed by atoms with Gasteiger partial charge in [0.1, 0.15) is 0 Å². The Bertz CT molecular complexity index is 935. The van der Waals surface area contributed by atoms with Gasteiger partial charge in [-0.15, -0.1) is 0 Å². The molecule has 0 fully saturated rings. The predicted molar refractivity (Wildman–Crippen MR) is 106 cm³/mol. The zero-order valence-corrected chi connectivity index (χ0v) is 18.5. The Hall–Kier alpha value is -1.38. The number of benzene rings is 2. The average molecular weight is 481 g/mol. The molecule has 4 nitrogen and oxygen atoms in total. The Morgan fingerprint density at radius 2 is 1.65 bits per heavy atom. The Morgan fingerprint density at radius 3 is 2.31 bits per heavy atom. The second-order valence-electron chi connectivity index (χ2n) is 7.29. The number of aromatic nitrogens is 2. The van der Waals surface area contributed by atoms with Crippen molar-refractivity contribution in [1.82, 2.24) is 9.55 Å². The molecule has 138 valence electrons. The lowest BCUT2D eigenvalue weighted by Gasteiger charge is -2.27. The van der Waals surface area contributed by atoms with E-state index < -0.39 is 0 Å². The van der Waals surface area contributed by atoms with Crippen LogP contribution in [0.15, 0.2) is 64.5 Å². The molecule has 3 rings (SSSR count). The number of halogens is 1. The molecule has 0 amide bonds. The first-order valence-electron chi connectivity index (χ1n) is 8.39. The van der Waals surface area contributed by atoms with Crippen LogP contribution < -0.4 is 29.5 Å². The molecule has 3 aromatic rings. The van der Waals surface area contributed by atoms with E-state index in [2.05, 4.69) is 28.1 Å². The largest absolute Gasteiger partial charge is 1.00 e. The lowest BCUT2D eigenvalue weighted by molar-refractivity contribution is -0.869. The van der Waals surface area contributed by atoms with Gasteiger partial charge >= 0.3 is 0 Å². The monoisotopic (exact) mass is 481 g/mol. The molecule has 0 radical (unpaired) electrons. The van der Waals surface area contributed by atoms with Crippen molar-refractivity contribution >= 4 is 22.7 Å². The highest BCUT2D eigenvalue weighted by Crippen LogP contribution is 2.25. The van der Waals surface area contributed by atoms with Gasteiger partial charge in [0.2, 0.25) is 0 Å². The van der Waals surface area contributed by atoms with Crippen LogP contribution >= 0.6 is 11.8 Å². The molecule has 1 unspecified atom stereocenters.